The molecule has 0 aliphatic rings. The molecule has 0 amide bonds. The van der Waals surface area contributed by atoms with Gasteiger partial charge in [0.15, 0.2) is 11.5 Å². The van der Waals surface area contributed by atoms with Crippen LogP contribution in [0.25, 0.3) is 0 Å². The van der Waals surface area contributed by atoms with Crippen molar-refractivity contribution in [3.05, 3.63) is 106 Å². The van der Waals surface area contributed by atoms with Gasteiger partial charge >= 0.3 is 0 Å². The first kappa shape index (κ1) is 20.4. The van der Waals surface area contributed by atoms with Crippen LogP contribution in [0, 0.1) is 0 Å². The molecule has 0 aliphatic carbocycles. The van der Waals surface area contributed by atoms with Gasteiger partial charge in [-0.1, -0.05) is 34.8 Å². The van der Waals surface area contributed by atoms with E-state index in [0.29, 0.717) is 49.6 Å². The summed E-state index contributed by atoms with van der Waals surface area (Å²) in [5, 5.41) is 1.90. The second kappa shape index (κ2) is 9.31. The molecular formula is C24H15Cl3O3. The highest BCUT2D eigenvalue weighted by Gasteiger charge is 2.11. The highest BCUT2D eigenvalue weighted by atomic mass is 35.5. The normalized spacial score (nSPS) is 10.5. The molecule has 0 bridgehead atoms. The molecule has 0 unspecified atom stereocenters. The number of hydrogen-bond acceptors (Lipinski definition) is 3. The van der Waals surface area contributed by atoms with Gasteiger partial charge < -0.3 is 14.2 Å². The highest BCUT2D eigenvalue weighted by Crippen LogP contribution is 2.39. The van der Waals surface area contributed by atoms with E-state index in [-0.39, 0.29) is 0 Å². The molecule has 0 saturated carbocycles. The van der Waals surface area contributed by atoms with E-state index in [2.05, 4.69) is 0 Å². The third-order valence-electron chi connectivity index (χ3n) is 4.05. The van der Waals surface area contributed by atoms with E-state index in [4.69, 9.17) is 49.0 Å². The summed E-state index contributed by atoms with van der Waals surface area (Å²) < 4.78 is 18.0. The summed E-state index contributed by atoms with van der Waals surface area (Å²) in [4.78, 5) is 0. The summed E-state index contributed by atoms with van der Waals surface area (Å²) in [6.45, 7) is 0. The molecule has 0 aliphatic heterocycles. The molecule has 150 valence electrons. The molecule has 4 aromatic carbocycles. The third-order valence-corrected chi connectivity index (χ3v) is 4.80. The predicted molar refractivity (Wildman–Crippen MR) is 121 cm³/mol. The zero-order valence-corrected chi connectivity index (χ0v) is 17.8. The standard InChI is InChI=1S/C24H15Cl3O3/c25-16-1-7-19(8-2-16)28-22-13-14-23(29-20-9-3-17(26)4-10-20)24(15-22)30-21-11-5-18(27)6-12-21/h1-15H. The van der Waals surface area contributed by atoms with Crippen molar-refractivity contribution in [2.45, 2.75) is 0 Å². The first-order valence-electron chi connectivity index (χ1n) is 8.99. The lowest BCUT2D eigenvalue weighted by molar-refractivity contribution is 0.412. The van der Waals surface area contributed by atoms with Crippen LogP contribution in [0.2, 0.25) is 15.1 Å². The minimum atomic E-state index is 0.485. The lowest BCUT2D eigenvalue weighted by Gasteiger charge is -2.14. The average Bonchev–Trinajstić information content (AvgIpc) is 2.75. The van der Waals surface area contributed by atoms with Gasteiger partial charge in [-0.05, 0) is 84.9 Å². The Morgan fingerprint density at radius 2 is 0.733 bits per heavy atom. The van der Waals surface area contributed by atoms with Crippen LogP contribution in [0.5, 0.6) is 34.5 Å². The number of hydrogen-bond donors (Lipinski definition) is 0. The maximum absolute atomic E-state index is 6.05. The number of ether oxygens (including phenoxy) is 3. The van der Waals surface area contributed by atoms with Gasteiger partial charge in [-0.15, -0.1) is 0 Å². The van der Waals surface area contributed by atoms with Crippen molar-refractivity contribution >= 4 is 34.8 Å². The van der Waals surface area contributed by atoms with Crippen molar-refractivity contribution in [2.24, 2.45) is 0 Å². The summed E-state index contributed by atoms with van der Waals surface area (Å²) in [7, 11) is 0. The highest BCUT2D eigenvalue weighted by molar-refractivity contribution is 6.31. The van der Waals surface area contributed by atoms with Crippen LogP contribution >= 0.6 is 34.8 Å². The first-order valence-corrected chi connectivity index (χ1v) is 10.1. The summed E-state index contributed by atoms with van der Waals surface area (Å²) >= 11 is 17.9. The van der Waals surface area contributed by atoms with Crippen LogP contribution in [0.1, 0.15) is 0 Å². The number of halogens is 3. The topological polar surface area (TPSA) is 27.7 Å². The zero-order chi connectivity index (χ0) is 20.9. The van der Waals surface area contributed by atoms with Crippen LogP contribution in [-0.4, -0.2) is 0 Å². The fourth-order valence-corrected chi connectivity index (χ4v) is 2.99. The predicted octanol–water partition coefficient (Wildman–Crippen LogP) is 9.02. The van der Waals surface area contributed by atoms with Crippen LogP contribution in [-0.2, 0) is 0 Å². The number of benzene rings is 4. The van der Waals surface area contributed by atoms with E-state index in [1.165, 1.54) is 0 Å². The third kappa shape index (κ3) is 5.39. The van der Waals surface area contributed by atoms with Gasteiger partial charge in [0.05, 0.1) is 0 Å². The maximum atomic E-state index is 6.05. The summed E-state index contributed by atoms with van der Waals surface area (Å²) in [6, 6.07) is 26.6. The van der Waals surface area contributed by atoms with Gasteiger partial charge in [-0.3, -0.25) is 0 Å². The van der Waals surface area contributed by atoms with Crippen molar-refractivity contribution in [2.75, 3.05) is 0 Å². The minimum absolute atomic E-state index is 0.485. The second-order valence-electron chi connectivity index (χ2n) is 6.28. The minimum Gasteiger partial charge on any atom is -0.457 e. The smallest absolute Gasteiger partial charge is 0.173 e. The van der Waals surface area contributed by atoms with Crippen molar-refractivity contribution in [3.63, 3.8) is 0 Å². The Labute approximate surface area is 189 Å². The average molecular weight is 458 g/mol. The molecule has 0 spiro atoms. The van der Waals surface area contributed by atoms with Crippen molar-refractivity contribution < 1.29 is 14.2 Å². The second-order valence-corrected chi connectivity index (χ2v) is 7.59. The maximum Gasteiger partial charge on any atom is 0.173 e. The zero-order valence-electron chi connectivity index (χ0n) is 15.5. The van der Waals surface area contributed by atoms with E-state index in [1.807, 2.05) is 0 Å². The van der Waals surface area contributed by atoms with Crippen LogP contribution in [0.15, 0.2) is 91.0 Å². The fraction of sp³-hybridized carbons (Fsp3) is 0. The Balaban J connectivity index is 1.64. The molecular weight excluding hydrogens is 443 g/mol. The molecule has 0 N–H and O–H groups in total. The molecule has 0 atom stereocenters. The quantitative estimate of drug-likeness (QED) is 0.289. The van der Waals surface area contributed by atoms with Crippen LogP contribution in [0.3, 0.4) is 0 Å². The molecule has 6 heteroatoms. The number of rotatable bonds is 6. The largest absolute Gasteiger partial charge is 0.457 e. The Morgan fingerprint density at radius 3 is 1.20 bits per heavy atom. The van der Waals surface area contributed by atoms with Gasteiger partial charge in [0, 0.05) is 21.1 Å². The van der Waals surface area contributed by atoms with Gasteiger partial charge in [-0.2, -0.15) is 0 Å². The van der Waals surface area contributed by atoms with Gasteiger partial charge in [0.1, 0.15) is 23.0 Å². The van der Waals surface area contributed by atoms with E-state index in [0.717, 1.165) is 0 Å². The lowest BCUT2D eigenvalue weighted by Crippen LogP contribution is -1.92. The van der Waals surface area contributed by atoms with Crippen LogP contribution in [0.4, 0.5) is 0 Å². The summed E-state index contributed by atoms with van der Waals surface area (Å²) in [6.07, 6.45) is 0. The SMILES string of the molecule is Clc1ccc(Oc2ccc(Oc3ccc(Cl)cc3)c(Oc3ccc(Cl)cc3)c2)cc1. The van der Waals surface area contributed by atoms with Gasteiger partial charge in [-0.25, -0.2) is 0 Å². The molecule has 3 nitrogen and oxygen atoms in total. The van der Waals surface area contributed by atoms with E-state index in [9.17, 15) is 0 Å². The van der Waals surface area contributed by atoms with E-state index < -0.39 is 0 Å². The molecule has 0 aromatic heterocycles. The van der Waals surface area contributed by atoms with Gasteiger partial charge in [0.2, 0.25) is 0 Å². The van der Waals surface area contributed by atoms with E-state index >= 15 is 0 Å². The molecule has 0 radical (unpaired) electrons. The van der Waals surface area contributed by atoms with Gasteiger partial charge in [0.25, 0.3) is 0 Å². The molecule has 0 heterocycles. The monoisotopic (exact) mass is 456 g/mol. The fourth-order valence-electron chi connectivity index (χ4n) is 2.61. The summed E-state index contributed by atoms with van der Waals surface area (Å²) in [5.41, 5.74) is 0. The molecule has 0 fully saturated rings. The summed E-state index contributed by atoms with van der Waals surface area (Å²) in [5.74, 6) is 3.50. The molecule has 30 heavy (non-hydrogen) atoms. The van der Waals surface area contributed by atoms with Crippen molar-refractivity contribution in [1.29, 1.82) is 0 Å². The van der Waals surface area contributed by atoms with Crippen molar-refractivity contribution in [3.8, 4) is 34.5 Å². The van der Waals surface area contributed by atoms with Crippen LogP contribution < -0.4 is 14.2 Å². The first-order chi connectivity index (χ1) is 14.5. The van der Waals surface area contributed by atoms with Crippen molar-refractivity contribution in [1.82, 2.24) is 0 Å². The van der Waals surface area contributed by atoms with E-state index in [1.54, 1.807) is 91.0 Å². The molecule has 0 saturated heterocycles. The molecule has 4 rings (SSSR count). The Morgan fingerprint density at radius 1 is 0.367 bits per heavy atom. The molecule has 4 aromatic rings. The Hall–Kier alpha value is -2.85. The lowest BCUT2D eigenvalue weighted by atomic mass is 10.2. The Kier molecular flexibility index (Phi) is 6.34. The Bertz CT molecular complexity index is 1130.